The molecule has 0 saturated carbocycles. The van der Waals surface area contributed by atoms with Crippen LogP contribution in [-0.2, 0) is 16.6 Å². The molecule has 1 atom stereocenters. The SMILES string of the molecule is CC1CCCS(=O)(=O)N1Cc1ccc(Br)cc1F. The van der Waals surface area contributed by atoms with E-state index in [0.717, 1.165) is 6.42 Å². The van der Waals surface area contributed by atoms with E-state index in [4.69, 9.17) is 0 Å². The largest absolute Gasteiger partial charge is 0.214 e. The first-order valence-electron chi connectivity index (χ1n) is 5.83. The van der Waals surface area contributed by atoms with E-state index in [2.05, 4.69) is 15.9 Å². The lowest BCUT2D eigenvalue weighted by molar-refractivity contribution is 0.293. The minimum absolute atomic E-state index is 0.0632. The molecule has 0 amide bonds. The van der Waals surface area contributed by atoms with Crippen molar-refractivity contribution in [3.8, 4) is 0 Å². The highest BCUT2D eigenvalue weighted by Gasteiger charge is 2.31. The average Bonchev–Trinajstić information content (AvgIpc) is 2.25. The third kappa shape index (κ3) is 2.92. The van der Waals surface area contributed by atoms with Crippen LogP contribution in [0.25, 0.3) is 0 Å². The Balaban J connectivity index is 2.26. The highest BCUT2D eigenvalue weighted by Crippen LogP contribution is 2.24. The van der Waals surface area contributed by atoms with Gasteiger partial charge in [0.2, 0.25) is 10.0 Å². The summed E-state index contributed by atoms with van der Waals surface area (Å²) in [5.41, 5.74) is 0.413. The van der Waals surface area contributed by atoms with Crippen molar-refractivity contribution >= 4 is 26.0 Å². The van der Waals surface area contributed by atoms with Crippen LogP contribution in [0.15, 0.2) is 22.7 Å². The maximum atomic E-state index is 13.7. The van der Waals surface area contributed by atoms with Crippen LogP contribution in [0.5, 0.6) is 0 Å². The zero-order valence-electron chi connectivity index (χ0n) is 10.1. The van der Waals surface area contributed by atoms with Gasteiger partial charge in [0.1, 0.15) is 5.82 Å². The minimum atomic E-state index is -3.24. The van der Waals surface area contributed by atoms with Gasteiger partial charge in [0.15, 0.2) is 0 Å². The van der Waals surface area contributed by atoms with Gasteiger partial charge in [-0.25, -0.2) is 12.8 Å². The summed E-state index contributed by atoms with van der Waals surface area (Å²) in [4.78, 5) is 0. The minimum Gasteiger partial charge on any atom is -0.212 e. The normalized spacial score (nSPS) is 24.1. The Hall–Kier alpha value is -0.460. The van der Waals surface area contributed by atoms with Gasteiger partial charge in [-0.1, -0.05) is 22.0 Å². The number of halogens is 2. The first kappa shape index (κ1) is 14.0. The molecule has 1 aliphatic heterocycles. The number of nitrogens with zero attached hydrogens (tertiary/aromatic N) is 1. The van der Waals surface area contributed by atoms with E-state index in [-0.39, 0.29) is 24.2 Å². The highest BCUT2D eigenvalue weighted by atomic mass is 79.9. The molecule has 100 valence electrons. The third-order valence-electron chi connectivity index (χ3n) is 3.21. The molecule has 0 radical (unpaired) electrons. The fourth-order valence-electron chi connectivity index (χ4n) is 2.17. The summed E-state index contributed by atoms with van der Waals surface area (Å²) in [5, 5.41) is 0. The van der Waals surface area contributed by atoms with Gasteiger partial charge in [-0.3, -0.25) is 0 Å². The topological polar surface area (TPSA) is 37.4 Å². The van der Waals surface area contributed by atoms with Crippen LogP contribution in [-0.4, -0.2) is 24.5 Å². The summed E-state index contributed by atoms with van der Waals surface area (Å²) in [5.74, 6) is -0.215. The van der Waals surface area contributed by atoms with E-state index in [1.807, 2.05) is 6.92 Å². The quantitative estimate of drug-likeness (QED) is 0.833. The molecule has 6 heteroatoms. The molecule has 3 nitrogen and oxygen atoms in total. The molecular weight excluding hydrogens is 321 g/mol. The Morgan fingerprint density at radius 2 is 2.22 bits per heavy atom. The van der Waals surface area contributed by atoms with Crippen LogP contribution < -0.4 is 0 Å². The molecule has 1 heterocycles. The maximum Gasteiger partial charge on any atom is 0.214 e. The monoisotopic (exact) mass is 335 g/mol. The lowest BCUT2D eigenvalue weighted by Crippen LogP contribution is -2.43. The van der Waals surface area contributed by atoms with E-state index in [9.17, 15) is 12.8 Å². The van der Waals surface area contributed by atoms with Crippen LogP contribution >= 0.6 is 15.9 Å². The Morgan fingerprint density at radius 3 is 2.83 bits per heavy atom. The fraction of sp³-hybridized carbons (Fsp3) is 0.500. The van der Waals surface area contributed by atoms with Crippen molar-refractivity contribution in [2.75, 3.05) is 5.75 Å². The van der Waals surface area contributed by atoms with Gasteiger partial charge in [0, 0.05) is 22.6 Å². The third-order valence-corrected chi connectivity index (χ3v) is 5.72. The van der Waals surface area contributed by atoms with E-state index in [0.29, 0.717) is 16.5 Å². The molecule has 1 aromatic rings. The predicted molar refractivity (Wildman–Crippen MR) is 72.1 cm³/mol. The van der Waals surface area contributed by atoms with Crippen molar-refractivity contribution < 1.29 is 12.8 Å². The van der Waals surface area contributed by atoms with Crippen molar-refractivity contribution in [1.82, 2.24) is 4.31 Å². The molecule has 1 aromatic carbocycles. The maximum absolute atomic E-state index is 13.7. The first-order chi connectivity index (χ1) is 8.40. The smallest absolute Gasteiger partial charge is 0.212 e. The van der Waals surface area contributed by atoms with Crippen molar-refractivity contribution in [3.63, 3.8) is 0 Å². The Bertz CT molecular complexity index is 547. The molecule has 0 spiro atoms. The molecule has 1 saturated heterocycles. The zero-order chi connectivity index (χ0) is 13.3. The standard InChI is InChI=1S/C12H15BrFNO2S/c1-9-3-2-6-18(16,17)15(9)8-10-4-5-11(13)7-12(10)14/h4-5,7,9H,2-3,6,8H2,1H3. The molecule has 1 unspecified atom stereocenters. The number of hydrogen-bond donors (Lipinski definition) is 0. The Labute approximate surface area is 115 Å². The number of benzene rings is 1. The second-order valence-corrected chi connectivity index (χ2v) is 7.54. The van der Waals surface area contributed by atoms with Crippen LogP contribution in [0.4, 0.5) is 4.39 Å². The lowest BCUT2D eigenvalue weighted by Gasteiger charge is -2.32. The summed E-state index contributed by atoms with van der Waals surface area (Å²) >= 11 is 3.18. The molecule has 0 aromatic heterocycles. The van der Waals surface area contributed by atoms with E-state index < -0.39 is 10.0 Å². The second-order valence-electron chi connectivity index (χ2n) is 4.59. The molecule has 0 aliphatic carbocycles. The van der Waals surface area contributed by atoms with Crippen molar-refractivity contribution in [2.24, 2.45) is 0 Å². The van der Waals surface area contributed by atoms with Gasteiger partial charge in [-0.15, -0.1) is 0 Å². The highest BCUT2D eigenvalue weighted by molar-refractivity contribution is 9.10. The van der Waals surface area contributed by atoms with Gasteiger partial charge in [-0.05, 0) is 31.9 Å². The van der Waals surface area contributed by atoms with Gasteiger partial charge >= 0.3 is 0 Å². The molecule has 18 heavy (non-hydrogen) atoms. The Kier molecular flexibility index (Phi) is 4.08. The fourth-order valence-corrected chi connectivity index (χ4v) is 4.26. The van der Waals surface area contributed by atoms with E-state index in [1.54, 1.807) is 12.1 Å². The zero-order valence-corrected chi connectivity index (χ0v) is 12.5. The number of hydrogen-bond acceptors (Lipinski definition) is 2. The molecule has 0 N–H and O–H groups in total. The van der Waals surface area contributed by atoms with Crippen molar-refractivity contribution in [3.05, 3.63) is 34.1 Å². The van der Waals surface area contributed by atoms with E-state index >= 15 is 0 Å². The Morgan fingerprint density at radius 1 is 1.50 bits per heavy atom. The molecule has 1 fully saturated rings. The van der Waals surface area contributed by atoms with Crippen LogP contribution in [0.1, 0.15) is 25.3 Å². The van der Waals surface area contributed by atoms with Gasteiger partial charge in [0.25, 0.3) is 0 Å². The van der Waals surface area contributed by atoms with Crippen LogP contribution in [0.2, 0.25) is 0 Å². The van der Waals surface area contributed by atoms with Gasteiger partial charge < -0.3 is 0 Å². The molecule has 1 aliphatic rings. The summed E-state index contributed by atoms with van der Waals surface area (Å²) in [7, 11) is -3.24. The molecule has 2 rings (SSSR count). The summed E-state index contributed by atoms with van der Waals surface area (Å²) in [6.07, 6.45) is 1.51. The van der Waals surface area contributed by atoms with E-state index in [1.165, 1.54) is 10.4 Å². The number of sulfonamides is 1. The summed E-state index contributed by atoms with van der Waals surface area (Å²) in [6, 6.07) is 4.64. The van der Waals surface area contributed by atoms with Gasteiger partial charge in [-0.2, -0.15) is 4.31 Å². The molecular formula is C12H15BrFNO2S. The average molecular weight is 336 g/mol. The summed E-state index contributed by atoms with van der Waals surface area (Å²) in [6.45, 7) is 1.98. The van der Waals surface area contributed by atoms with Gasteiger partial charge in [0.05, 0.1) is 5.75 Å². The number of rotatable bonds is 2. The van der Waals surface area contributed by atoms with Crippen molar-refractivity contribution in [1.29, 1.82) is 0 Å². The first-order valence-corrected chi connectivity index (χ1v) is 8.24. The summed E-state index contributed by atoms with van der Waals surface area (Å²) < 4.78 is 39.7. The van der Waals surface area contributed by atoms with Crippen LogP contribution in [0, 0.1) is 5.82 Å². The van der Waals surface area contributed by atoms with Crippen molar-refractivity contribution in [2.45, 2.75) is 32.4 Å². The van der Waals surface area contributed by atoms with Crippen LogP contribution in [0.3, 0.4) is 0 Å². The second kappa shape index (κ2) is 5.27. The lowest BCUT2D eigenvalue weighted by atomic mass is 10.1. The predicted octanol–water partition coefficient (Wildman–Crippen LogP) is 2.90. The molecule has 0 bridgehead atoms.